The van der Waals surface area contributed by atoms with Crippen molar-refractivity contribution in [3.63, 3.8) is 0 Å². The van der Waals surface area contributed by atoms with Crippen LogP contribution in [0.15, 0.2) is 47.4 Å². The van der Waals surface area contributed by atoms with Gasteiger partial charge in [-0.3, -0.25) is 9.59 Å². The fourth-order valence-electron chi connectivity index (χ4n) is 4.74. The SMILES string of the molecule is CCCCCCCCCCCCCCCCOc1ccccc1C(=O)C(Cl)C(=O)Nc1cc(S(C)(=O)=O)ccc1OC. The van der Waals surface area contributed by atoms with Gasteiger partial charge in [0.15, 0.2) is 21.0 Å². The van der Waals surface area contributed by atoms with E-state index in [4.69, 9.17) is 21.1 Å². The Morgan fingerprint density at radius 2 is 1.36 bits per heavy atom. The zero-order valence-corrected chi connectivity index (χ0v) is 27.0. The minimum absolute atomic E-state index is 0.00158. The number of carbonyl (C=O) groups is 2. The molecular formula is C33H48ClNO6S. The number of hydrogen-bond acceptors (Lipinski definition) is 6. The van der Waals surface area contributed by atoms with E-state index in [0.717, 1.165) is 25.5 Å². The lowest BCUT2D eigenvalue weighted by molar-refractivity contribution is -0.115. The molecule has 0 fully saturated rings. The normalized spacial score (nSPS) is 12.1. The highest BCUT2D eigenvalue weighted by molar-refractivity contribution is 7.90. The number of halogens is 1. The van der Waals surface area contributed by atoms with E-state index in [0.29, 0.717) is 12.4 Å². The Bertz CT molecular complexity index is 1220. The van der Waals surface area contributed by atoms with E-state index in [1.165, 1.54) is 95.9 Å². The van der Waals surface area contributed by atoms with Crippen LogP contribution in [0.1, 0.15) is 107 Å². The number of Topliss-reactive ketones (excluding diaryl/α,β-unsaturated/α-hetero) is 1. The fourth-order valence-corrected chi connectivity index (χ4v) is 5.56. The molecule has 0 aliphatic carbocycles. The highest BCUT2D eigenvalue weighted by Gasteiger charge is 2.28. The minimum atomic E-state index is -3.52. The number of sulfone groups is 1. The number of carbonyl (C=O) groups excluding carboxylic acids is 2. The summed E-state index contributed by atoms with van der Waals surface area (Å²) in [6.07, 6.45) is 18.8. The number of ketones is 1. The number of rotatable bonds is 22. The summed E-state index contributed by atoms with van der Waals surface area (Å²) in [4.78, 5) is 26.0. The Hall–Kier alpha value is -2.58. The largest absolute Gasteiger partial charge is 0.495 e. The highest BCUT2D eigenvalue weighted by Crippen LogP contribution is 2.29. The van der Waals surface area contributed by atoms with Gasteiger partial charge in [0.05, 0.1) is 29.9 Å². The maximum atomic E-state index is 13.1. The zero-order chi connectivity index (χ0) is 30.8. The number of para-hydroxylation sites is 1. The summed E-state index contributed by atoms with van der Waals surface area (Å²) >= 11 is 6.28. The van der Waals surface area contributed by atoms with Crippen LogP contribution in [0, 0.1) is 0 Å². The van der Waals surface area contributed by atoms with Gasteiger partial charge in [-0.25, -0.2) is 8.42 Å². The van der Waals surface area contributed by atoms with Crippen molar-refractivity contribution < 1.29 is 27.5 Å². The smallest absolute Gasteiger partial charge is 0.250 e. The molecule has 1 amide bonds. The van der Waals surface area contributed by atoms with Crippen LogP contribution in [-0.2, 0) is 14.6 Å². The molecule has 2 aromatic carbocycles. The van der Waals surface area contributed by atoms with Crippen molar-refractivity contribution in [3.8, 4) is 11.5 Å². The van der Waals surface area contributed by atoms with E-state index < -0.39 is 26.9 Å². The molecule has 42 heavy (non-hydrogen) atoms. The van der Waals surface area contributed by atoms with Crippen molar-refractivity contribution in [1.29, 1.82) is 0 Å². The van der Waals surface area contributed by atoms with E-state index in [-0.39, 0.29) is 21.9 Å². The topological polar surface area (TPSA) is 98.8 Å². The molecule has 1 atom stereocenters. The molecule has 2 aromatic rings. The van der Waals surface area contributed by atoms with Gasteiger partial charge in [0.1, 0.15) is 11.5 Å². The summed E-state index contributed by atoms with van der Waals surface area (Å²) in [6.45, 7) is 2.72. The van der Waals surface area contributed by atoms with Crippen LogP contribution in [0.2, 0.25) is 0 Å². The summed E-state index contributed by atoms with van der Waals surface area (Å²) in [6, 6.07) is 10.8. The number of anilines is 1. The third kappa shape index (κ3) is 12.7. The monoisotopic (exact) mass is 621 g/mol. The quantitative estimate of drug-likeness (QED) is 0.0613. The third-order valence-corrected chi connectivity index (χ3v) is 8.73. The molecule has 0 bridgehead atoms. The van der Waals surface area contributed by atoms with Gasteiger partial charge in [0.25, 0.3) is 5.91 Å². The number of unbranched alkanes of at least 4 members (excludes halogenated alkanes) is 13. The number of benzene rings is 2. The Labute approximate surface area is 257 Å². The summed E-state index contributed by atoms with van der Waals surface area (Å²) in [5, 5.41) is 0.968. The predicted octanol–water partition coefficient (Wildman–Crippen LogP) is 8.39. The molecule has 0 saturated heterocycles. The number of hydrogen-bond donors (Lipinski definition) is 1. The first-order valence-electron chi connectivity index (χ1n) is 15.3. The maximum absolute atomic E-state index is 13.1. The summed E-state index contributed by atoms with van der Waals surface area (Å²) in [5.41, 5.74) is 0.320. The molecule has 9 heteroatoms. The van der Waals surface area contributed by atoms with Crippen LogP contribution in [0.3, 0.4) is 0 Å². The standard InChI is InChI=1S/C33H48ClNO6S/c1-4-5-6-7-8-9-10-11-12-13-14-15-16-19-24-41-29-21-18-17-20-27(29)32(36)31(34)33(37)35-28-25-26(42(3,38)39)22-23-30(28)40-2/h17-18,20-23,25,31H,4-16,19,24H2,1-3H3,(H,35,37). The second kappa shape index (κ2) is 19.6. The minimum Gasteiger partial charge on any atom is -0.495 e. The van der Waals surface area contributed by atoms with Gasteiger partial charge in [0, 0.05) is 6.26 Å². The zero-order valence-electron chi connectivity index (χ0n) is 25.5. The molecule has 0 aromatic heterocycles. The van der Waals surface area contributed by atoms with Crippen molar-refractivity contribution in [3.05, 3.63) is 48.0 Å². The van der Waals surface area contributed by atoms with Crippen molar-refractivity contribution in [1.82, 2.24) is 0 Å². The highest BCUT2D eigenvalue weighted by atomic mass is 35.5. The number of alkyl halides is 1. The lowest BCUT2D eigenvalue weighted by atomic mass is 10.0. The average Bonchev–Trinajstić information content (AvgIpc) is 2.98. The van der Waals surface area contributed by atoms with Gasteiger partial charge in [0.2, 0.25) is 0 Å². The second-order valence-corrected chi connectivity index (χ2v) is 13.2. The number of methoxy groups -OCH3 is 1. The molecule has 0 aliphatic heterocycles. The molecule has 1 N–H and O–H groups in total. The van der Waals surface area contributed by atoms with Crippen LogP contribution in [0.4, 0.5) is 5.69 Å². The molecule has 1 unspecified atom stereocenters. The van der Waals surface area contributed by atoms with Gasteiger partial charge in [-0.2, -0.15) is 0 Å². The van der Waals surface area contributed by atoms with E-state index >= 15 is 0 Å². The van der Waals surface area contributed by atoms with E-state index in [2.05, 4.69) is 12.2 Å². The summed E-state index contributed by atoms with van der Waals surface area (Å²) in [7, 11) is -2.13. The van der Waals surface area contributed by atoms with Crippen molar-refractivity contribution >= 4 is 38.8 Å². The Kier molecular flexibility index (Phi) is 16.6. The molecule has 0 radical (unpaired) electrons. The molecule has 0 spiro atoms. The van der Waals surface area contributed by atoms with Gasteiger partial charge in [-0.15, -0.1) is 11.6 Å². The van der Waals surface area contributed by atoms with Crippen LogP contribution in [0.5, 0.6) is 11.5 Å². The fraction of sp³-hybridized carbons (Fsp3) is 0.576. The van der Waals surface area contributed by atoms with Crippen LogP contribution in [0.25, 0.3) is 0 Å². The predicted molar refractivity (Wildman–Crippen MR) is 171 cm³/mol. The Balaban J connectivity index is 1.76. The summed E-state index contributed by atoms with van der Waals surface area (Å²) in [5.74, 6) is -0.785. The molecule has 0 heterocycles. The number of ether oxygens (including phenoxy) is 2. The first-order chi connectivity index (χ1) is 20.2. The lowest BCUT2D eigenvalue weighted by Gasteiger charge is -2.15. The first-order valence-corrected chi connectivity index (χ1v) is 17.6. The summed E-state index contributed by atoms with van der Waals surface area (Å²) < 4.78 is 35.0. The molecule has 234 valence electrons. The van der Waals surface area contributed by atoms with Gasteiger partial charge in [-0.1, -0.05) is 103 Å². The second-order valence-electron chi connectivity index (χ2n) is 10.8. The molecule has 7 nitrogen and oxygen atoms in total. The van der Waals surface area contributed by atoms with Crippen LogP contribution in [-0.4, -0.2) is 45.5 Å². The average molecular weight is 622 g/mol. The first kappa shape index (κ1) is 35.6. The Morgan fingerprint density at radius 3 is 1.90 bits per heavy atom. The molecule has 0 aliphatic rings. The van der Waals surface area contributed by atoms with Crippen LogP contribution < -0.4 is 14.8 Å². The third-order valence-electron chi connectivity index (χ3n) is 7.23. The van der Waals surface area contributed by atoms with Crippen LogP contribution >= 0.6 is 11.6 Å². The lowest BCUT2D eigenvalue weighted by Crippen LogP contribution is -2.31. The van der Waals surface area contributed by atoms with Crippen molar-refractivity contribution in [2.45, 2.75) is 107 Å². The maximum Gasteiger partial charge on any atom is 0.250 e. The van der Waals surface area contributed by atoms with E-state index in [9.17, 15) is 18.0 Å². The van der Waals surface area contributed by atoms with Gasteiger partial charge >= 0.3 is 0 Å². The van der Waals surface area contributed by atoms with E-state index in [1.807, 2.05) is 0 Å². The molecule has 0 saturated carbocycles. The van der Waals surface area contributed by atoms with Crippen molar-refractivity contribution in [2.24, 2.45) is 0 Å². The van der Waals surface area contributed by atoms with E-state index in [1.54, 1.807) is 24.3 Å². The molecular weight excluding hydrogens is 574 g/mol. The number of amides is 1. The van der Waals surface area contributed by atoms with Crippen molar-refractivity contribution in [2.75, 3.05) is 25.3 Å². The number of nitrogens with one attached hydrogen (secondary N) is 1. The van der Waals surface area contributed by atoms with Gasteiger partial charge < -0.3 is 14.8 Å². The Morgan fingerprint density at radius 1 is 0.810 bits per heavy atom. The van der Waals surface area contributed by atoms with Gasteiger partial charge in [-0.05, 0) is 36.8 Å². The molecule has 2 rings (SSSR count).